The summed E-state index contributed by atoms with van der Waals surface area (Å²) in [6.45, 7) is 2.34. The summed E-state index contributed by atoms with van der Waals surface area (Å²) in [5.41, 5.74) is 0.0298. The molecule has 2 atom stereocenters. The highest BCUT2D eigenvalue weighted by Gasteiger charge is 2.31. The molecular weight excluding hydrogens is 238 g/mol. The molecule has 0 radical (unpaired) electrons. The van der Waals surface area contributed by atoms with Crippen molar-refractivity contribution in [3.05, 3.63) is 35.4 Å². The summed E-state index contributed by atoms with van der Waals surface area (Å²) >= 11 is 0. The zero-order valence-corrected chi connectivity index (χ0v) is 10.6. The first kappa shape index (κ1) is 13.4. The predicted octanol–water partition coefficient (Wildman–Crippen LogP) is 1.24. The summed E-state index contributed by atoms with van der Waals surface area (Å²) in [6.07, 6.45) is -1.02. The van der Waals surface area contributed by atoms with Gasteiger partial charge in [0.25, 0.3) is 0 Å². The number of piperazine rings is 1. The monoisotopic (exact) mass is 256 g/mol. The van der Waals surface area contributed by atoms with Crippen LogP contribution in [0.1, 0.15) is 11.7 Å². The van der Waals surface area contributed by atoms with Gasteiger partial charge in [0, 0.05) is 25.2 Å². The fourth-order valence-electron chi connectivity index (χ4n) is 2.33. The zero-order valence-electron chi connectivity index (χ0n) is 10.6. The number of benzene rings is 1. The SMILES string of the molecule is CN1CCN(C)C(C(O)c2cc(F)ccc2F)C1. The Balaban J connectivity index is 2.23. The average molecular weight is 256 g/mol. The second-order valence-corrected chi connectivity index (χ2v) is 4.92. The summed E-state index contributed by atoms with van der Waals surface area (Å²) in [7, 11) is 3.84. The lowest BCUT2D eigenvalue weighted by molar-refractivity contribution is 0.0120. The van der Waals surface area contributed by atoms with Crippen molar-refractivity contribution in [2.75, 3.05) is 33.7 Å². The van der Waals surface area contributed by atoms with E-state index in [9.17, 15) is 13.9 Å². The Morgan fingerprint density at radius 2 is 2.00 bits per heavy atom. The highest BCUT2D eigenvalue weighted by atomic mass is 19.1. The van der Waals surface area contributed by atoms with Crippen LogP contribution in [0.3, 0.4) is 0 Å². The first-order valence-electron chi connectivity index (χ1n) is 6.01. The molecule has 0 amide bonds. The van der Waals surface area contributed by atoms with E-state index < -0.39 is 17.7 Å². The smallest absolute Gasteiger partial charge is 0.129 e. The Kier molecular flexibility index (Phi) is 3.94. The van der Waals surface area contributed by atoms with Crippen molar-refractivity contribution in [2.24, 2.45) is 0 Å². The van der Waals surface area contributed by atoms with E-state index in [1.807, 2.05) is 19.0 Å². The third kappa shape index (κ3) is 2.68. The van der Waals surface area contributed by atoms with Crippen LogP contribution in [0.25, 0.3) is 0 Å². The van der Waals surface area contributed by atoms with Crippen LogP contribution < -0.4 is 0 Å². The van der Waals surface area contributed by atoms with Crippen molar-refractivity contribution < 1.29 is 13.9 Å². The second-order valence-electron chi connectivity index (χ2n) is 4.92. The van der Waals surface area contributed by atoms with Crippen molar-refractivity contribution in [1.82, 2.24) is 9.80 Å². The lowest BCUT2D eigenvalue weighted by Gasteiger charge is -2.40. The molecule has 1 aromatic carbocycles. The molecule has 18 heavy (non-hydrogen) atoms. The van der Waals surface area contributed by atoms with Crippen LogP contribution in [-0.4, -0.2) is 54.7 Å². The van der Waals surface area contributed by atoms with Gasteiger partial charge in [0.05, 0.1) is 12.1 Å². The lowest BCUT2D eigenvalue weighted by atomic mass is 9.98. The molecule has 0 saturated carbocycles. The number of nitrogens with zero attached hydrogens (tertiary/aromatic N) is 2. The molecule has 0 aliphatic carbocycles. The molecule has 1 aliphatic heterocycles. The van der Waals surface area contributed by atoms with Crippen LogP contribution in [0.4, 0.5) is 8.78 Å². The van der Waals surface area contributed by atoms with Gasteiger partial charge in [-0.3, -0.25) is 4.90 Å². The fraction of sp³-hybridized carbons (Fsp3) is 0.538. The number of hydrogen-bond acceptors (Lipinski definition) is 3. The molecule has 0 bridgehead atoms. The van der Waals surface area contributed by atoms with Crippen molar-refractivity contribution in [1.29, 1.82) is 0 Å². The van der Waals surface area contributed by atoms with Crippen LogP contribution >= 0.6 is 0 Å². The summed E-state index contributed by atoms with van der Waals surface area (Å²) in [4.78, 5) is 4.06. The van der Waals surface area contributed by atoms with Crippen molar-refractivity contribution >= 4 is 0 Å². The zero-order chi connectivity index (χ0) is 13.3. The molecule has 1 saturated heterocycles. The first-order chi connectivity index (χ1) is 8.49. The van der Waals surface area contributed by atoms with Gasteiger partial charge in [0.2, 0.25) is 0 Å². The van der Waals surface area contributed by atoms with E-state index >= 15 is 0 Å². The number of aliphatic hydroxyl groups is 1. The number of likely N-dealkylation sites (N-methyl/N-ethyl adjacent to an activating group) is 2. The maximum Gasteiger partial charge on any atom is 0.129 e. The van der Waals surface area contributed by atoms with Gasteiger partial charge in [-0.2, -0.15) is 0 Å². The Hall–Kier alpha value is -1.04. The average Bonchev–Trinajstić information content (AvgIpc) is 2.34. The third-order valence-corrected chi connectivity index (χ3v) is 3.54. The quantitative estimate of drug-likeness (QED) is 0.862. The van der Waals surface area contributed by atoms with Crippen LogP contribution in [0.5, 0.6) is 0 Å². The van der Waals surface area contributed by atoms with E-state index in [0.717, 1.165) is 31.3 Å². The van der Waals surface area contributed by atoms with Gasteiger partial charge in [0.1, 0.15) is 11.6 Å². The standard InChI is InChI=1S/C13H18F2N2O/c1-16-5-6-17(2)12(8-16)13(18)10-7-9(14)3-4-11(10)15/h3-4,7,12-13,18H,5-6,8H2,1-2H3. The van der Waals surface area contributed by atoms with E-state index in [2.05, 4.69) is 4.90 Å². The van der Waals surface area contributed by atoms with E-state index in [4.69, 9.17) is 0 Å². The van der Waals surface area contributed by atoms with Gasteiger partial charge in [-0.05, 0) is 32.3 Å². The van der Waals surface area contributed by atoms with Gasteiger partial charge in [-0.1, -0.05) is 0 Å². The minimum atomic E-state index is -1.02. The van der Waals surface area contributed by atoms with Crippen LogP contribution in [0, 0.1) is 11.6 Å². The lowest BCUT2D eigenvalue weighted by Crippen LogP contribution is -2.52. The molecular formula is C13H18F2N2O. The van der Waals surface area contributed by atoms with Crippen molar-refractivity contribution in [2.45, 2.75) is 12.1 Å². The highest BCUT2D eigenvalue weighted by Crippen LogP contribution is 2.25. The molecule has 1 N–H and O–H groups in total. The molecule has 0 aromatic heterocycles. The summed E-state index contributed by atoms with van der Waals surface area (Å²) < 4.78 is 26.8. The Morgan fingerprint density at radius 1 is 1.28 bits per heavy atom. The number of hydrogen-bond donors (Lipinski definition) is 1. The molecule has 1 aliphatic rings. The van der Waals surface area contributed by atoms with E-state index in [0.29, 0.717) is 6.54 Å². The molecule has 1 heterocycles. The van der Waals surface area contributed by atoms with Crippen molar-refractivity contribution in [3.8, 4) is 0 Å². The number of aliphatic hydroxyl groups excluding tert-OH is 1. The minimum absolute atomic E-state index is 0.0298. The largest absolute Gasteiger partial charge is 0.387 e. The maximum atomic E-state index is 13.6. The van der Waals surface area contributed by atoms with Crippen molar-refractivity contribution in [3.63, 3.8) is 0 Å². The topological polar surface area (TPSA) is 26.7 Å². The summed E-state index contributed by atoms with van der Waals surface area (Å²) in [6, 6.07) is 2.96. The van der Waals surface area contributed by atoms with Gasteiger partial charge in [-0.15, -0.1) is 0 Å². The van der Waals surface area contributed by atoms with E-state index in [1.54, 1.807) is 0 Å². The Morgan fingerprint density at radius 3 is 2.72 bits per heavy atom. The normalized spacial score (nSPS) is 24.2. The van der Waals surface area contributed by atoms with Gasteiger partial charge in [0.15, 0.2) is 0 Å². The first-order valence-corrected chi connectivity index (χ1v) is 6.01. The number of halogens is 2. The minimum Gasteiger partial charge on any atom is -0.387 e. The van der Waals surface area contributed by atoms with Crippen LogP contribution in [0.2, 0.25) is 0 Å². The Labute approximate surface area is 106 Å². The molecule has 100 valence electrons. The molecule has 5 heteroatoms. The van der Waals surface area contributed by atoms with Gasteiger partial charge in [-0.25, -0.2) is 8.78 Å². The highest BCUT2D eigenvalue weighted by molar-refractivity contribution is 5.22. The molecule has 1 aromatic rings. The molecule has 3 nitrogen and oxygen atoms in total. The van der Waals surface area contributed by atoms with E-state index in [-0.39, 0.29) is 11.6 Å². The number of rotatable bonds is 2. The maximum absolute atomic E-state index is 13.6. The summed E-state index contributed by atoms with van der Waals surface area (Å²) in [5.74, 6) is -1.09. The summed E-state index contributed by atoms with van der Waals surface area (Å²) in [5, 5.41) is 10.3. The van der Waals surface area contributed by atoms with E-state index in [1.165, 1.54) is 0 Å². The Bertz CT molecular complexity index is 427. The fourth-order valence-corrected chi connectivity index (χ4v) is 2.33. The molecule has 1 fully saturated rings. The third-order valence-electron chi connectivity index (χ3n) is 3.54. The second kappa shape index (κ2) is 5.30. The molecule has 2 unspecified atom stereocenters. The predicted molar refractivity (Wildman–Crippen MR) is 65.2 cm³/mol. The van der Waals surface area contributed by atoms with Crippen LogP contribution in [0.15, 0.2) is 18.2 Å². The van der Waals surface area contributed by atoms with Gasteiger partial charge < -0.3 is 10.0 Å². The molecule has 0 spiro atoms. The van der Waals surface area contributed by atoms with Gasteiger partial charge >= 0.3 is 0 Å². The molecule has 2 rings (SSSR count). The van der Waals surface area contributed by atoms with Crippen LogP contribution in [-0.2, 0) is 0 Å².